The highest BCUT2D eigenvalue weighted by molar-refractivity contribution is 5.93. The number of morpholine rings is 1. The highest BCUT2D eigenvalue weighted by Gasteiger charge is 2.60. The van der Waals surface area contributed by atoms with Crippen LogP contribution in [0.25, 0.3) is 0 Å². The summed E-state index contributed by atoms with van der Waals surface area (Å²) in [5, 5.41) is 3.96. The number of anilines is 1. The Labute approximate surface area is 201 Å². The number of aromatic nitrogens is 2. The number of ether oxygens (including phenoxy) is 1. The van der Waals surface area contributed by atoms with Crippen LogP contribution in [-0.4, -0.2) is 71.2 Å². The van der Waals surface area contributed by atoms with E-state index in [2.05, 4.69) is 57.4 Å². The monoisotopic (exact) mass is 461 g/mol. The fourth-order valence-electron chi connectivity index (χ4n) is 6.97. The van der Waals surface area contributed by atoms with Gasteiger partial charge in [0.25, 0.3) is 5.91 Å². The van der Waals surface area contributed by atoms with Crippen LogP contribution in [0.1, 0.15) is 54.4 Å². The van der Waals surface area contributed by atoms with Gasteiger partial charge in [0.1, 0.15) is 5.69 Å². The Morgan fingerprint density at radius 3 is 2.76 bits per heavy atom. The molecule has 2 aromatic rings. The van der Waals surface area contributed by atoms with E-state index in [1.807, 2.05) is 13.0 Å². The molecule has 1 aliphatic carbocycles. The summed E-state index contributed by atoms with van der Waals surface area (Å²) in [6.45, 7) is 7.21. The van der Waals surface area contributed by atoms with Gasteiger partial charge in [-0.15, -0.1) is 0 Å². The summed E-state index contributed by atoms with van der Waals surface area (Å²) in [5.41, 5.74) is 2.77. The maximum Gasteiger partial charge on any atom is 0.273 e. The average Bonchev–Trinajstić information content (AvgIpc) is 3.21. The molecule has 1 N–H and O–H groups in total. The van der Waals surface area contributed by atoms with Gasteiger partial charge in [-0.2, -0.15) is 0 Å². The molecule has 4 fully saturated rings. The molecule has 2 bridgehead atoms. The van der Waals surface area contributed by atoms with Crippen LogP contribution in [0.2, 0.25) is 0 Å². The number of amides is 1. The van der Waals surface area contributed by atoms with Crippen molar-refractivity contribution in [3.8, 4) is 0 Å². The third-order valence-electron chi connectivity index (χ3n) is 8.64. The first-order valence-electron chi connectivity index (χ1n) is 12.8. The number of likely N-dealkylation sites (tertiary alicyclic amines) is 1. The zero-order valence-electron chi connectivity index (χ0n) is 20.2. The number of piperidine rings is 1. The Kier molecular flexibility index (Phi) is 5.57. The molecule has 1 amide bonds. The third kappa shape index (κ3) is 3.69. The lowest BCUT2D eigenvalue weighted by Gasteiger charge is -2.53. The van der Waals surface area contributed by atoms with Crippen LogP contribution in [0.3, 0.4) is 0 Å². The smallest absolute Gasteiger partial charge is 0.273 e. The van der Waals surface area contributed by atoms with Crippen LogP contribution in [0.15, 0.2) is 36.4 Å². The Bertz CT molecular complexity index is 1060. The van der Waals surface area contributed by atoms with E-state index in [4.69, 9.17) is 9.72 Å². The van der Waals surface area contributed by atoms with Crippen molar-refractivity contribution >= 4 is 11.9 Å². The molecule has 0 unspecified atom stereocenters. The average molecular weight is 462 g/mol. The summed E-state index contributed by atoms with van der Waals surface area (Å²) >= 11 is 0. The molecule has 5 atom stereocenters. The van der Waals surface area contributed by atoms with E-state index in [0.717, 1.165) is 44.5 Å². The minimum Gasteiger partial charge on any atom is -0.378 e. The van der Waals surface area contributed by atoms with Gasteiger partial charge in [0.2, 0.25) is 5.95 Å². The minimum absolute atomic E-state index is 0.0613. The molecule has 3 aliphatic heterocycles. The molecule has 1 aromatic heterocycles. The van der Waals surface area contributed by atoms with Crippen molar-refractivity contribution in [2.75, 3.05) is 31.2 Å². The summed E-state index contributed by atoms with van der Waals surface area (Å²) in [6.07, 6.45) is 5.44. The van der Waals surface area contributed by atoms with Crippen LogP contribution in [0.5, 0.6) is 0 Å². The predicted octanol–water partition coefficient (Wildman–Crippen LogP) is 2.98. The number of rotatable bonds is 4. The predicted molar refractivity (Wildman–Crippen MR) is 131 cm³/mol. The number of aryl methyl sites for hydroxylation is 1. The Morgan fingerprint density at radius 1 is 1.18 bits per heavy atom. The summed E-state index contributed by atoms with van der Waals surface area (Å²) in [5.74, 6) is 0.711. The molecular weight excluding hydrogens is 426 g/mol. The Hall–Kier alpha value is -2.51. The number of hydrogen-bond donors (Lipinski definition) is 1. The lowest BCUT2D eigenvalue weighted by atomic mass is 9.64. The van der Waals surface area contributed by atoms with Crippen molar-refractivity contribution in [1.29, 1.82) is 0 Å². The molecule has 7 heteroatoms. The maximum atomic E-state index is 14.3. The summed E-state index contributed by atoms with van der Waals surface area (Å²) in [7, 11) is 0. The van der Waals surface area contributed by atoms with E-state index in [9.17, 15) is 4.79 Å². The van der Waals surface area contributed by atoms with Crippen molar-refractivity contribution in [1.82, 2.24) is 20.2 Å². The second-order valence-electron chi connectivity index (χ2n) is 10.7. The van der Waals surface area contributed by atoms with Gasteiger partial charge in [0.05, 0.1) is 19.3 Å². The lowest BCUT2D eigenvalue weighted by molar-refractivity contribution is -0.0115. The third-order valence-corrected chi connectivity index (χ3v) is 8.64. The summed E-state index contributed by atoms with van der Waals surface area (Å²) in [6, 6.07) is 13.7. The topological polar surface area (TPSA) is 70.6 Å². The van der Waals surface area contributed by atoms with Crippen molar-refractivity contribution in [3.05, 3.63) is 53.3 Å². The van der Waals surface area contributed by atoms with Crippen LogP contribution >= 0.6 is 0 Å². The fourth-order valence-corrected chi connectivity index (χ4v) is 6.97. The number of nitrogens with one attached hydrogen (secondary N) is 1. The number of nitrogens with zero attached hydrogens (tertiary/aromatic N) is 4. The van der Waals surface area contributed by atoms with E-state index in [1.54, 1.807) is 0 Å². The quantitative estimate of drug-likeness (QED) is 0.755. The highest BCUT2D eigenvalue weighted by Crippen LogP contribution is 2.52. The number of hydrogen-bond acceptors (Lipinski definition) is 6. The standard InChI is InChI=1S/C27H35N5O2/c1-18-15-20(30-26(28-18)31-11-13-34-14-12-31)25(33)32-22(16-19-7-4-3-5-8-19)21-17-27(2)23(29-21)9-6-10-24(27)32/h3-5,7-8,15,21-24,29H,6,9-14,16-17H2,1-2H3/t21-,22+,23-,24+,27-/m0/s1. The molecule has 7 nitrogen and oxygen atoms in total. The van der Waals surface area contributed by atoms with Crippen LogP contribution in [-0.2, 0) is 11.2 Å². The fraction of sp³-hybridized carbons (Fsp3) is 0.593. The van der Waals surface area contributed by atoms with Crippen molar-refractivity contribution in [2.24, 2.45) is 5.41 Å². The van der Waals surface area contributed by atoms with Crippen LogP contribution in [0.4, 0.5) is 5.95 Å². The van der Waals surface area contributed by atoms with Gasteiger partial charge < -0.3 is 19.9 Å². The van der Waals surface area contributed by atoms with Crippen LogP contribution < -0.4 is 10.2 Å². The zero-order chi connectivity index (χ0) is 23.3. The molecule has 1 aromatic carbocycles. The molecule has 180 valence electrons. The first-order chi connectivity index (χ1) is 16.5. The first kappa shape index (κ1) is 22.0. The molecule has 3 saturated heterocycles. The second-order valence-corrected chi connectivity index (χ2v) is 10.7. The van der Waals surface area contributed by atoms with Gasteiger partial charge in [0, 0.05) is 42.3 Å². The van der Waals surface area contributed by atoms with E-state index >= 15 is 0 Å². The lowest BCUT2D eigenvalue weighted by Crippen LogP contribution is -2.62. The van der Waals surface area contributed by atoms with E-state index < -0.39 is 0 Å². The first-order valence-corrected chi connectivity index (χ1v) is 12.8. The summed E-state index contributed by atoms with van der Waals surface area (Å²) in [4.78, 5) is 28.2. The molecule has 0 spiro atoms. The maximum absolute atomic E-state index is 14.3. The number of carbonyl (C=O) groups excluding carboxylic acids is 1. The zero-order valence-corrected chi connectivity index (χ0v) is 20.2. The molecule has 34 heavy (non-hydrogen) atoms. The largest absolute Gasteiger partial charge is 0.378 e. The molecule has 1 saturated carbocycles. The molecule has 0 radical (unpaired) electrons. The normalized spacial score (nSPS) is 32.6. The molecular formula is C27H35N5O2. The van der Waals surface area contributed by atoms with E-state index in [-0.39, 0.29) is 23.4 Å². The van der Waals surface area contributed by atoms with Gasteiger partial charge in [-0.05, 0) is 50.7 Å². The minimum atomic E-state index is 0.0613. The van der Waals surface area contributed by atoms with Crippen LogP contribution in [0, 0.1) is 12.3 Å². The van der Waals surface area contributed by atoms with Gasteiger partial charge in [0.15, 0.2) is 0 Å². The van der Waals surface area contributed by atoms with E-state index in [0.29, 0.717) is 36.9 Å². The van der Waals surface area contributed by atoms with Crippen molar-refractivity contribution in [3.63, 3.8) is 0 Å². The Balaban J connectivity index is 1.38. The number of carbonyl (C=O) groups is 1. The van der Waals surface area contributed by atoms with E-state index in [1.165, 1.54) is 12.0 Å². The highest BCUT2D eigenvalue weighted by atomic mass is 16.5. The van der Waals surface area contributed by atoms with Gasteiger partial charge in [-0.1, -0.05) is 37.3 Å². The SMILES string of the molecule is Cc1cc(C(=O)N2[C@H](Cc3ccccc3)[C@@H]3C[C@@]4(C)[C@H](CCC[C@@H]24)N3)nc(N2CCOCC2)n1. The molecule has 6 rings (SSSR count). The molecule has 4 heterocycles. The second kappa shape index (κ2) is 8.61. The number of fused-ring (bicyclic) bond motifs is 1. The van der Waals surface area contributed by atoms with Crippen molar-refractivity contribution < 1.29 is 9.53 Å². The van der Waals surface area contributed by atoms with Gasteiger partial charge >= 0.3 is 0 Å². The summed E-state index contributed by atoms with van der Waals surface area (Å²) < 4.78 is 5.50. The van der Waals surface area contributed by atoms with Gasteiger partial charge in [-0.25, -0.2) is 9.97 Å². The Morgan fingerprint density at radius 2 is 1.97 bits per heavy atom. The van der Waals surface area contributed by atoms with Gasteiger partial charge in [-0.3, -0.25) is 4.79 Å². The molecule has 4 aliphatic rings. The van der Waals surface area contributed by atoms with Crippen molar-refractivity contribution in [2.45, 2.75) is 70.1 Å². The number of benzene rings is 1.